The van der Waals surface area contributed by atoms with Gasteiger partial charge in [-0.05, 0) is 146 Å². The van der Waals surface area contributed by atoms with Crippen molar-refractivity contribution in [1.29, 1.82) is 0 Å². The lowest BCUT2D eigenvalue weighted by molar-refractivity contribution is 0.672. The minimum atomic E-state index is 0.895. The molecule has 14 aromatic carbocycles. The average Bonchev–Trinajstić information content (AvgIpc) is 1.57. The van der Waals surface area contributed by atoms with Crippen molar-refractivity contribution in [1.82, 2.24) is 9.13 Å². The second-order valence-corrected chi connectivity index (χ2v) is 26.3. The number of hydrogen-bond donors (Lipinski definition) is 0. The molecule has 0 aliphatic rings. The molecule has 20 rings (SSSR count). The van der Waals surface area contributed by atoms with E-state index in [1.165, 1.54) is 107 Å². The van der Waals surface area contributed by atoms with Gasteiger partial charge in [-0.1, -0.05) is 243 Å². The summed E-state index contributed by atoms with van der Waals surface area (Å²) in [4.78, 5) is 0. The fourth-order valence-corrected chi connectivity index (χ4v) is 17.1. The summed E-state index contributed by atoms with van der Waals surface area (Å²) in [6.07, 6.45) is 0. The summed E-state index contributed by atoms with van der Waals surface area (Å²) in [5.41, 5.74) is 25.1. The normalized spacial score (nSPS) is 11.8. The van der Waals surface area contributed by atoms with Crippen LogP contribution in [0.5, 0.6) is 0 Å². The molecule has 0 atom stereocenters. The molecule has 0 bridgehead atoms. The van der Waals surface area contributed by atoms with E-state index in [1.54, 1.807) is 0 Å². The number of thiophene rings is 2. The summed E-state index contributed by atoms with van der Waals surface area (Å²) in [6.45, 7) is 0. The number of hydrogen-bond acceptors (Lipinski definition) is 4. The summed E-state index contributed by atoms with van der Waals surface area (Å²) in [6, 6.07) is 118. The highest BCUT2D eigenvalue weighted by atomic mass is 32.1. The number of rotatable bonds is 8. The van der Waals surface area contributed by atoms with Gasteiger partial charge >= 0.3 is 0 Å². The molecular weight excluding hydrogens is 1180 g/mol. The van der Waals surface area contributed by atoms with Crippen molar-refractivity contribution in [3.63, 3.8) is 0 Å². The van der Waals surface area contributed by atoms with Gasteiger partial charge in [-0.25, -0.2) is 0 Å². The maximum absolute atomic E-state index is 6.59. The van der Waals surface area contributed by atoms with E-state index < -0.39 is 0 Å². The standard InChI is InChI=1S/2C44H27NOS/c1-3-13-28(14-4-1)32-20-11-22-35-36-23-12-21-34(44(36)47-43(32)35)33-18-8-7-17-31(33)29-25-26-40-38(27-29)41-42(46-40)37-19-9-10-24-39(37)45(41)30-15-5-2-6-16-30;1-3-11-28(12-4-1)29-19-22-35-36-23-20-31(27-42(36)47-41(35)26-29)34-16-8-7-15-33(34)30-21-24-40-38(25-30)43-44(46-40)37-17-9-10-18-39(37)45(43)32-13-5-2-6-14-32/h2*1-27H. The lowest BCUT2D eigenvalue weighted by Gasteiger charge is -2.12. The monoisotopic (exact) mass is 1230 g/mol. The van der Waals surface area contributed by atoms with E-state index >= 15 is 0 Å². The summed E-state index contributed by atoms with van der Waals surface area (Å²) in [5.74, 6) is 0. The van der Waals surface area contributed by atoms with E-state index in [4.69, 9.17) is 8.83 Å². The lowest BCUT2D eigenvalue weighted by atomic mass is 9.93. The Labute approximate surface area is 548 Å². The number of furan rings is 2. The van der Waals surface area contributed by atoms with Crippen LogP contribution in [0.15, 0.2) is 336 Å². The van der Waals surface area contributed by atoms with Gasteiger partial charge in [0.25, 0.3) is 0 Å². The van der Waals surface area contributed by atoms with Crippen molar-refractivity contribution in [3.8, 4) is 78.1 Å². The van der Waals surface area contributed by atoms with Gasteiger partial charge in [0.15, 0.2) is 11.2 Å². The smallest absolute Gasteiger partial charge is 0.161 e. The SMILES string of the molecule is c1ccc(-c2ccc3c(c2)sc2cc(-c4ccccc4-c4ccc5oc6c7ccccc7n(-c7ccccc7)c6c5c4)ccc23)cc1.c1ccc(-c2cccc3c2sc2c(-c4ccccc4-c4ccc5oc6c7ccccc7n(-c7ccccc7)c6c5c4)cccc23)cc1. The van der Waals surface area contributed by atoms with Crippen LogP contribution in [0.1, 0.15) is 0 Å². The van der Waals surface area contributed by atoms with E-state index in [9.17, 15) is 0 Å². The predicted molar refractivity (Wildman–Crippen MR) is 400 cm³/mol. The van der Waals surface area contributed by atoms with Crippen LogP contribution in [0.3, 0.4) is 0 Å². The maximum Gasteiger partial charge on any atom is 0.161 e. The first-order valence-corrected chi connectivity index (χ1v) is 33.5. The largest absolute Gasteiger partial charge is 0.454 e. The molecule has 6 aromatic heterocycles. The summed E-state index contributed by atoms with van der Waals surface area (Å²) < 4.78 is 23.1. The molecule has 0 aliphatic heterocycles. The van der Waals surface area contributed by atoms with Gasteiger partial charge in [-0.3, -0.25) is 0 Å². The van der Waals surface area contributed by atoms with Crippen molar-refractivity contribution in [2.75, 3.05) is 0 Å². The van der Waals surface area contributed by atoms with Crippen LogP contribution >= 0.6 is 22.7 Å². The first kappa shape index (κ1) is 54.0. The number of para-hydroxylation sites is 4. The van der Waals surface area contributed by atoms with Crippen LogP contribution in [0.4, 0.5) is 0 Å². The van der Waals surface area contributed by atoms with E-state index in [0.717, 1.165) is 77.3 Å². The first-order chi connectivity index (χ1) is 46.6. The summed E-state index contributed by atoms with van der Waals surface area (Å²) in [7, 11) is 0. The zero-order chi connectivity index (χ0) is 61.8. The fourth-order valence-electron chi connectivity index (χ4n) is 14.6. The molecule has 6 heteroatoms. The molecule has 0 saturated heterocycles. The van der Waals surface area contributed by atoms with Gasteiger partial charge in [0, 0.05) is 78.8 Å². The Bertz CT molecular complexity index is 6340. The maximum atomic E-state index is 6.59. The van der Waals surface area contributed by atoms with Gasteiger partial charge in [-0.15, -0.1) is 22.7 Å². The zero-order valence-corrected chi connectivity index (χ0v) is 52.3. The topological polar surface area (TPSA) is 36.1 Å². The third-order valence-corrected chi connectivity index (χ3v) is 21.2. The molecule has 6 heterocycles. The third-order valence-electron chi connectivity index (χ3n) is 18.8. The average molecular weight is 1240 g/mol. The van der Waals surface area contributed by atoms with Crippen LogP contribution in [0.25, 0.3) is 184 Å². The molecule has 0 N–H and O–H groups in total. The van der Waals surface area contributed by atoms with E-state index in [0.29, 0.717) is 0 Å². The fraction of sp³-hybridized carbons (Fsp3) is 0. The Hall–Kier alpha value is -11.8. The van der Waals surface area contributed by atoms with Crippen LogP contribution in [-0.2, 0) is 0 Å². The molecular formula is C88H54N2O2S2. The molecule has 4 nitrogen and oxygen atoms in total. The molecule has 94 heavy (non-hydrogen) atoms. The molecule has 440 valence electrons. The van der Waals surface area contributed by atoms with E-state index in [2.05, 4.69) is 337 Å². The van der Waals surface area contributed by atoms with Crippen molar-refractivity contribution in [2.45, 2.75) is 0 Å². The molecule has 0 saturated carbocycles. The van der Waals surface area contributed by atoms with E-state index in [1.807, 2.05) is 22.7 Å². The molecule has 0 aliphatic carbocycles. The lowest BCUT2D eigenvalue weighted by Crippen LogP contribution is -1.93. The second-order valence-electron chi connectivity index (χ2n) is 24.2. The van der Waals surface area contributed by atoms with Crippen LogP contribution in [0, 0.1) is 0 Å². The molecule has 0 amide bonds. The number of nitrogens with zero attached hydrogens (tertiary/aromatic N) is 2. The highest BCUT2D eigenvalue weighted by Crippen LogP contribution is 2.48. The number of fused-ring (bicyclic) bond motifs is 16. The van der Waals surface area contributed by atoms with E-state index in [-0.39, 0.29) is 0 Å². The highest BCUT2D eigenvalue weighted by molar-refractivity contribution is 7.27. The summed E-state index contributed by atoms with van der Waals surface area (Å²) in [5, 5.41) is 9.69. The minimum absolute atomic E-state index is 0.895. The molecule has 0 fully saturated rings. The molecule has 20 aromatic rings. The van der Waals surface area contributed by atoms with Crippen LogP contribution < -0.4 is 0 Å². The number of aromatic nitrogens is 2. The van der Waals surface area contributed by atoms with Crippen molar-refractivity contribution >= 4 is 129 Å². The van der Waals surface area contributed by atoms with Crippen molar-refractivity contribution in [2.24, 2.45) is 0 Å². The molecule has 0 unspecified atom stereocenters. The van der Waals surface area contributed by atoms with Crippen LogP contribution in [-0.4, -0.2) is 9.13 Å². The Morgan fingerprint density at radius 1 is 0.223 bits per heavy atom. The molecule has 0 radical (unpaired) electrons. The van der Waals surface area contributed by atoms with Gasteiger partial charge < -0.3 is 18.0 Å². The first-order valence-electron chi connectivity index (χ1n) is 31.9. The van der Waals surface area contributed by atoms with Gasteiger partial charge in [-0.2, -0.15) is 0 Å². The number of benzene rings is 14. The minimum Gasteiger partial charge on any atom is -0.454 e. The Balaban J connectivity index is 0.000000133. The van der Waals surface area contributed by atoms with Gasteiger partial charge in [0.1, 0.15) is 22.2 Å². The van der Waals surface area contributed by atoms with Gasteiger partial charge in [0.05, 0.1) is 11.0 Å². The Kier molecular flexibility index (Phi) is 12.6. The quantitative estimate of drug-likeness (QED) is 0.152. The zero-order valence-electron chi connectivity index (χ0n) is 50.7. The summed E-state index contributed by atoms with van der Waals surface area (Å²) >= 11 is 3.77. The third kappa shape index (κ3) is 8.72. The Morgan fingerprint density at radius 2 is 0.606 bits per heavy atom. The Morgan fingerprint density at radius 3 is 1.15 bits per heavy atom. The van der Waals surface area contributed by atoms with Crippen molar-refractivity contribution < 1.29 is 8.83 Å². The highest BCUT2D eigenvalue weighted by Gasteiger charge is 2.24. The predicted octanol–water partition coefficient (Wildman–Crippen LogP) is 25.8. The van der Waals surface area contributed by atoms with Crippen molar-refractivity contribution in [3.05, 3.63) is 328 Å². The molecule has 0 spiro atoms. The second kappa shape index (κ2) is 22.0. The van der Waals surface area contributed by atoms with Crippen LogP contribution in [0.2, 0.25) is 0 Å². The van der Waals surface area contributed by atoms with Gasteiger partial charge in [0.2, 0.25) is 0 Å².